The standard InChI is InChI=1S/C16H22N2O3/c1-12-9-13(10-18(12)14-5-3-2-4-6-14)17-16(19)15-11-20-7-8-21-15/h2-6,12-13,15H,7-11H2,1H3,(H,17,19). The summed E-state index contributed by atoms with van der Waals surface area (Å²) in [5, 5.41) is 3.09. The number of rotatable bonds is 3. The normalized spacial score (nSPS) is 29.4. The topological polar surface area (TPSA) is 50.8 Å². The average Bonchev–Trinajstić information content (AvgIpc) is 2.89. The molecule has 3 atom stereocenters. The van der Waals surface area contributed by atoms with E-state index in [-0.39, 0.29) is 11.9 Å². The Morgan fingerprint density at radius 2 is 2.10 bits per heavy atom. The largest absolute Gasteiger partial charge is 0.376 e. The minimum absolute atomic E-state index is 0.0539. The fourth-order valence-electron chi connectivity index (χ4n) is 3.05. The molecular formula is C16H22N2O3. The highest BCUT2D eigenvalue weighted by Crippen LogP contribution is 2.25. The van der Waals surface area contributed by atoms with Crippen LogP contribution in [-0.2, 0) is 14.3 Å². The summed E-state index contributed by atoms with van der Waals surface area (Å²) in [5.74, 6) is -0.0539. The summed E-state index contributed by atoms with van der Waals surface area (Å²) in [6, 6.07) is 10.9. The van der Waals surface area contributed by atoms with Gasteiger partial charge >= 0.3 is 0 Å². The van der Waals surface area contributed by atoms with Crippen LogP contribution >= 0.6 is 0 Å². The summed E-state index contributed by atoms with van der Waals surface area (Å²) >= 11 is 0. The molecule has 3 unspecified atom stereocenters. The fourth-order valence-corrected chi connectivity index (χ4v) is 3.05. The second-order valence-corrected chi connectivity index (χ2v) is 5.71. The van der Waals surface area contributed by atoms with E-state index in [2.05, 4.69) is 29.3 Å². The van der Waals surface area contributed by atoms with Gasteiger partial charge in [0.2, 0.25) is 0 Å². The van der Waals surface area contributed by atoms with Crippen molar-refractivity contribution >= 4 is 11.6 Å². The molecule has 1 N–H and O–H groups in total. The highest BCUT2D eigenvalue weighted by Gasteiger charge is 2.32. The predicted molar refractivity (Wildman–Crippen MR) is 80.4 cm³/mol. The second-order valence-electron chi connectivity index (χ2n) is 5.71. The van der Waals surface area contributed by atoms with Crippen LogP contribution in [0.15, 0.2) is 30.3 Å². The molecule has 1 aromatic rings. The number of anilines is 1. The lowest BCUT2D eigenvalue weighted by molar-refractivity contribution is -0.148. The molecular weight excluding hydrogens is 268 g/mol. The lowest BCUT2D eigenvalue weighted by atomic mass is 10.2. The van der Waals surface area contributed by atoms with Crippen LogP contribution in [0.2, 0.25) is 0 Å². The van der Waals surface area contributed by atoms with Crippen LogP contribution in [0.25, 0.3) is 0 Å². The van der Waals surface area contributed by atoms with Crippen LogP contribution in [0.4, 0.5) is 5.69 Å². The van der Waals surface area contributed by atoms with Gasteiger partial charge in [0.15, 0.2) is 6.10 Å². The summed E-state index contributed by atoms with van der Waals surface area (Å²) in [4.78, 5) is 14.5. The zero-order chi connectivity index (χ0) is 14.7. The average molecular weight is 290 g/mol. The molecule has 2 aliphatic heterocycles. The molecule has 0 bridgehead atoms. The van der Waals surface area contributed by atoms with Gasteiger partial charge in [-0.2, -0.15) is 0 Å². The van der Waals surface area contributed by atoms with E-state index in [0.29, 0.717) is 25.9 Å². The molecule has 5 nitrogen and oxygen atoms in total. The van der Waals surface area contributed by atoms with Gasteiger partial charge in [-0.1, -0.05) is 18.2 Å². The van der Waals surface area contributed by atoms with Crippen LogP contribution in [0.5, 0.6) is 0 Å². The van der Waals surface area contributed by atoms with Gasteiger partial charge in [0.1, 0.15) is 0 Å². The minimum atomic E-state index is -0.458. The smallest absolute Gasteiger partial charge is 0.251 e. The van der Waals surface area contributed by atoms with E-state index in [9.17, 15) is 4.79 Å². The van der Waals surface area contributed by atoms with E-state index in [0.717, 1.165) is 13.0 Å². The van der Waals surface area contributed by atoms with Gasteiger partial charge in [-0.25, -0.2) is 0 Å². The van der Waals surface area contributed by atoms with Gasteiger partial charge in [0.05, 0.1) is 19.8 Å². The number of carbonyl (C=O) groups is 1. The molecule has 0 aliphatic carbocycles. The van der Waals surface area contributed by atoms with Gasteiger partial charge in [-0.05, 0) is 25.5 Å². The molecule has 0 radical (unpaired) electrons. The molecule has 5 heteroatoms. The van der Waals surface area contributed by atoms with Crippen molar-refractivity contribution in [2.75, 3.05) is 31.3 Å². The third kappa shape index (κ3) is 3.36. The first kappa shape index (κ1) is 14.4. The molecule has 114 valence electrons. The quantitative estimate of drug-likeness (QED) is 0.908. The Morgan fingerprint density at radius 3 is 2.81 bits per heavy atom. The summed E-state index contributed by atoms with van der Waals surface area (Å²) in [6.45, 7) is 4.46. The highest BCUT2D eigenvalue weighted by molar-refractivity contribution is 5.81. The lowest BCUT2D eigenvalue weighted by Gasteiger charge is -2.25. The molecule has 2 aliphatic rings. The molecule has 2 fully saturated rings. The molecule has 3 rings (SSSR count). The Balaban J connectivity index is 1.57. The monoisotopic (exact) mass is 290 g/mol. The maximum atomic E-state index is 12.2. The molecule has 2 heterocycles. The lowest BCUT2D eigenvalue weighted by Crippen LogP contribution is -2.47. The van der Waals surface area contributed by atoms with Crippen molar-refractivity contribution in [3.8, 4) is 0 Å². The number of benzene rings is 1. The SMILES string of the molecule is CC1CC(NC(=O)C2COCCO2)CN1c1ccccc1. The van der Waals surface area contributed by atoms with Crippen LogP contribution in [0.1, 0.15) is 13.3 Å². The van der Waals surface area contributed by atoms with Crippen LogP contribution in [-0.4, -0.2) is 50.5 Å². The predicted octanol–water partition coefficient (Wildman–Crippen LogP) is 1.19. The van der Waals surface area contributed by atoms with Crippen molar-refractivity contribution in [2.24, 2.45) is 0 Å². The van der Waals surface area contributed by atoms with Crippen molar-refractivity contribution in [2.45, 2.75) is 31.5 Å². The molecule has 0 saturated carbocycles. The summed E-state index contributed by atoms with van der Waals surface area (Å²) < 4.78 is 10.7. The first-order valence-electron chi connectivity index (χ1n) is 7.55. The van der Waals surface area contributed by atoms with Gasteiger partial charge < -0.3 is 19.7 Å². The molecule has 0 spiro atoms. The Kier molecular flexibility index (Phi) is 4.41. The summed E-state index contributed by atoms with van der Waals surface area (Å²) in [7, 11) is 0. The van der Waals surface area contributed by atoms with E-state index < -0.39 is 6.10 Å². The zero-order valence-corrected chi connectivity index (χ0v) is 12.3. The third-order valence-corrected chi connectivity index (χ3v) is 4.12. The van der Waals surface area contributed by atoms with Gasteiger partial charge in [-0.3, -0.25) is 4.79 Å². The number of hydrogen-bond acceptors (Lipinski definition) is 4. The van der Waals surface area contributed by atoms with Crippen molar-refractivity contribution in [1.29, 1.82) is 0 Å². The van der Waals surface area contributed by atoms with Crippen LogP contribution in [0, 0.1) is 0 Å². The molecule has 1 amide bonds. The van der Waals surface area contributed by atoms with E-state index in [4.69, 9.17) is 9.47 Å². The maximum absolute atomic E-state index is 12.2. The minimum Gasteiger partial charge on any atom is -0.376 e. The first-order chi connectivity index (χ1) is 10.2. The number of nitrogens with zero attached hydrogens (tertiary/aromatic N) is 1. The van der Waals surface area contributed by atoms with Crippen molar-refractivity contribution in [1.82, 2.24) is 5.32 Å². The molecule has 2 saturated heterocycles. The zero-order valence-electron chi connectivity index (χ0n) is 12.3. The Hall–Kier alpha value is -1.59. The van der Waals surface area contributed by atoms with Crippen molar-refractivity contribution in [3.05, 3.63) is 30.3 Å². The number of hydrogen-bond donors (Lipinski definition) is 1. The number of carbonyl (C=O) groups excluding carboxylic acids is 1. The number of ether oxygens (including phenoxy) is 2. The third-order valence-electron chi connectivity index (χ3n) is 4.12. The summed E-state index contributed by atoms with van der Waals surface area (Å²) in [6.07, 6.45) is 0.494. The van der Waals surface area contributed by atoms with Crippen molar-refractivity contribution in [3.63, 3.8) is 0 Å². The number of para-hydroxylation sites is 1. The van der Waals surface area contributed by atoms with Crippen molar-refractivity contribution < 1.29 is 14.3 Å². The first-order valence-corrected chi connectivity index (χ1v) is 7.55. The van der Waals surface area contributed by atoms with E-state index in [1.165, 1.54) is 5.69 Å². The van der Waals surface area contributed by atoms with E-state index in [1.807, 2.05) is 18.2 Å². The highest BCUT2D eigenvalue weighted by atomic mass is 16.6. The van der Waals surface area contributed by atoms with E-state index >= 15 is 0 Å². The number of nitrogens with one attached hydrogen (secondary N) is 1. The van der Waals surface area contributed by atoms with Gasteiger partial charge in [-0.15, -0.1) is 0 Å². The van der Waals surface area contributed by atoms with Gasteiger partial charge in [0.25, 0.3) is 5.91 Å². The molecule has 21 heavy (non-hydrogen) atoms. The number of amides is 1. The van der Waals surface area contributed by atoms with Gasteiger partial charge in [0, 0.05) is 24.3 Å². The maximum Gasteiger partial charge on any atom is 0.251 e. The Morgan fingerprint density at radius 1 is 1.29 bits per heavy atom. The summed E-state index contributed by atoms with van der Waals surface area (Å²) in [5.41, 5.74) is 1.21. The Bertz CT molecular complexity index is 474. The second kappa shape index (κ2) is 6.45. The fraction of sp³-hybridized carbons (Fsp3) is 0.562. The molecule has 1 aromatic carbocycles. The van der Waals surface area contributed by atoms with E-state index in [1.54, 1.807) is 0 Å². The van der Waals surface area contributed by atoms with Crippen LogP contribution < -0.4 is 10.2 Å². The molecule has 0 aromatic heterocycles. The van der Waals surface area contributed by atoms with Crippen LogP contribution in [0.3, 0.4) is 0 Å². The Labute approximate surface area is 125 Å².